The molecule has 0 saturated carbocycles. The third-order valence-electron chi connectivity index (χ3n) is 5.05. The highest BCUT2D eigenvalue weighted by atomic mass is 32.2. The van der Waals surface area contributed by atoms with Gasteiger partial charge in [0, 0.05) is 19.5 Å². The van der Waals surface area contributed by atoms with Crippen molar-refractivity contribution in [2.24, 2.45) is 0 Å². The van der Waals surface area contributed by atoms with Crippen LogP contribution < -0.4 is 5.32 Å². The van der Waals surface area contributed by atoms with Gasteiger partial charge in [0.15, 0.2) is 5.82 Å². The zero-order valence-electron chi connectivity index (χ0n) is 14.7. The van der Waals surface area contributed by atoms with E-state index in [9.17, 15) is 12.8 Å². The summed E-state index contributed by atoms with van der Waals surface area (Å²) in [6.45, 7) is 1.24. The van der Waals surface area contributed by atoms with Crippen LogP contribution in [-0.4, -0.2) is 54.0 Å². The molecule has 0 aliphatic carbocycles. The molecule has 2 aromatic rings. The second-order valence-corrected chi connectivity index (χ2v) is 8.96. The molecule has 27 heavy (non-hydrogen) atoms. The number of aromatic nitrogens is 2. The lowest BCUT2D eigenvalue weighted by atomic mass is 9.90. The van der Waals surface area contributed by atoms with Gasteiger partial charge in [-0.05, 0) is 25.0 Å². The second-order valence-electron chi connectivity index (χ2n) is 7.02. The first-order chi connectivity index (χ1) is 13.0. The standard InChI is InChI=1S/C18H21FN4O3S/c19-14-10-20-17(21-11-14)22-15-9-18(26-12-15)7-4-8-23(13-18)27(24,25)16-5-2-1-3-6-16/h1-3,5-6,10-11,15H,4,7-9,12-13H2,(H,20,21,22). The van der Waals surface area contributed by atoms with E-state index < -0.39 is 21.4 Å². The highest BCUT2D eigenvalue weighted by Crippen LogP contribution is 2.37. The van der Waals surface area contributed by atoms with E-state index in [1.807, 2.05) is 0 Å². The molecular weight excluding hydrogens is 371 g/mol. The summed E-state index contributed by atoms with van der Waals surface area (Å²) < 4.78 is 46.4. The molecule has 1 N–H and O–H groups in total. The fourth-order valence-electron chi connectivity index (χ4n) is 3.79. The third kappa shape index (κ3) is 3.80. The van der Waals surface area contributed by atoms with E-state index in [1.165, 1.54) is 4.31 Å². The number of sulfonamides is 1. The molecule has 2 fully saturated rings. The van der Waals surface area contributed by atoms with E-state index in [0.29, 0.717) is 37.0 Å². The van der Waals surface area contributed by atoms with Crippen molar-refractivity contribution in [2.75, 3.05) is 25.0 Å². The monoisotopic (exact) mass is 392 g/mol. The van der Waals surface area contributed by atoms with Gasteiger partial charge in [-0.25, -0.2) is 22.8 Å². The maximum atomic E-state index is 12.9. The summed E-state index contributed by atoms with van der Waals surface area (Å²) in [6, 6.07) is 8.42. The molecule has 1 aromatic carbocycles. The maximum Gasteiger partial charge on any atom is 0.243 e. The third-order valence-corrected chi connectivity index (χ3v) is 6.91. The highest BCUT2D eigenvalue weighted by molar-refractivity contribution is 7.89. The van der Waals surface area contributed by atoms with Gasteiger partial charge in [-0.1, -0.05) is 18.2 Å². The van der Waals surface area contributed by atoms with Crippen LogP contribution in [-0.2, 0) is 14.8 Å². The number of piperidine rings is 1. The number of benzene rings is 1. The van der Waals surface area contributed by atoms with E-state index in [0.717, 1.165) is 25.2 Å². The zero-order chi connectivity index (χ0) is 18.9. The molecule has 144 valence electrons. The van der Waals surface area contributed by atoms with Gasteiger partial charge in [0.25, 0.3) is 0 Å². The molecule has 2 unspecified atom stereocenters. The molecule has 4 rings (SSSR count). The number of rotatable bonds is 4. The second kappa shape index (κ2) is 7.14. The summed E-state index contributed by atoms with van der Waals surface area (Å²) in [5.74, 6) is -0.152. The van der Waals surface area contributed by atoms with E-state index in [1.54, 1.807) is 30.3 Å². The van der Waals surface area contributed by atoms with Crippen molar-refractivity contribution < 1.29 is 17.5 Å². The van der Waals surface area contributed by atoms with Crippen LogP contribution in [0.4, 0.5) is 10.3 Å². The molecule has 1 aromatic heterocycles. The van der Waals surface area contributed by atoms with Crippen LogP contribution in [0.25, 0.3) is 0 Å². The molecule has 3 heterocycles. The molecule has 2 aliphatic heterocycles. The minimum Gasteiger partial charge on any atom is -0.371 e. The van der Waals surface area contributed by atoms with Crippen molar-refractivity contribution in [3.05, 3.63) is 48.5 Å². The molecule has 1 spiro atoms. The molecule has 9 heteroatoms. The van der Waals surface area contributed by atoms with E-state index in [2.05, 4.69) is 15.3 Å². The Morgan fingerprint density at radius 2 is 1.96 bits per heavy atom. The molecular formula is C18H21FN4O3S. The van der Waals surface area contributed by atoms with Gasteiger partial charge < -0.3 is 10.1 Å². The number of hydrogen-bond donors (Lipinski definition) is 1. The first-order valence-electron chi connectivity index (χ1n) is 8.90. The van der Waals surface area contributed by atoms with Crippen molar-refractivity contribution in [2.45, 2.75) is 35.8 Å². The zero-order valence-corrected chi connectivity index (χ0v) is 15.5. The SMILES string of the molecule is O=S(=O)(c1ccccc1)N1CCCC2(CC(Nc3ncc(F)cn3)CO2)C1. The lowest BCUT2D eigenvalue weighted by molar-refractivity contribution is -0.0329. The Labute approximate surface area is 157 Å². The van der Waals surface area contributed by atoms with Crippen LogP contribution in [0.1, 0.15) is 19.3 Å². The Hall–Kier alpha value is -2.10. The molecule has 2 aliphatic rings. The summed E-state index contributed by atoms with van der Waals surface area (Å²) in [4.78, 5) is 8.12. The number of anilines is 1. The Balaban J connectivity index is 1.46. The van der Waals surface area contributed by atoms with Crippen LogP contribution in [0.3, 0.4) is 0 Å². The smallest absolute Gasteiger partial charge is 0.243 e. The number of nitrogens with one attached hydrogen (secondary N) is 1. The molecule has 7 nitrogen and oxygen atoms in total. The van der Waals surface area contributed by atoms with Crippen molar-refractivity contribution in [1.29, 1.82) is 0 Å². The van der Waals surface area contributed by atoms with Crippen molar-refractivity contribution in [3.63, 3.8) is 0 Å². The summed E-state index contributed by atoms with van der Waals surface area (Å²) in [5.41, 5.74) is -0.516. The fourth-order valence-corrected chi connectivity index (χ4v) is 5.37. The number of halogens is 1. The Morgan fingerprint density at radius 1 is 1.22 bits per heavy atom. The van der Waals surface area contributed by atoms with Gasteiger partial charge in [0.1, 0.15) is 0 Å². The molecule has 2 atom stereocenters. The summed E-state index contributed by atoms with van der Waals surface area (Å²) in [5, 5.41) is 3.14. The average molecular weight is 392 g/mol. The lowest BCUT2D eigenvalue weighted by Crippen LogP contribution is -2.50. The lowest BCUT2D eigenvalue weighted by Gasteiger charge is -2.38. The maximum absolute atomic E-state index is 12.9. The minimum atomic E-state index is -3.54. The average Bonchev–Trinajstić information content (AvgIpc) is 3.06. The quantitative estimate of drug-likeness (QED) is 0.857. The largest absolute Gasteiger partial charge is 0.371 e. The van der Waals surface area contributed by atoms with E-state index in [4.69, 9.17) is 4.74 Å². The predicted molar refractivity (Wildman–Crippen MR) is 97.1 cm³/mol. The van der Waals surface area contributed by atoms with Gasteiger partial charge in [0.05, 0.1) is 35.5 Å². The number of nitrogens with zero attached hydrogens (tertiary/aromatic N) is 3. The normalized spacial score (nSPS) is 26.3. The minimum absolute atomic E-state index is 0.0464. The van der Waals surface area contributed by atoms with Gasteiger partial charge in [0.2, 0.25) is 16.0 Å². The summed E-state index contributed by atoms with van der Waals surface area (Å²) >= 11 is 0. The summed E-state index contributed by atoms with van der Waals surface area (Å²) in [7, 11) is -3.54. The van der Waals surface area contributed by atoms with E-state index in [-0.39, 0.29) is 6.04 Å². The van der Waals surface area contributed by atoms with Crippen LogP contribution in [0.15, 0.2) is 47.6 Å². The van der Waals surface area contributed by atoms with Crippen LogP contribution in [0.2, 0.25) is 0 Å². The fraction of sp³-hybridized carbons (Fsp3) is 0.444. The first-order valence-corrected chi connectivity index (χ1v) is 10.3. The van der Waals surface area contributed by atoms with Crippen LogP contribution >= 0.6 is 0 Å². The highest BCUT2D eigenvalue weighted by Gasteiger charge is 2.46. The number of ether oxygens (including phenoxy) is 1. The van der Waals surface area contributed by atoms with E-state index >= 15 is 0 Å². The van der Waals surface area contributed by atoms with Crippen molar-refractivity contribution in [3.8, 4) is 0 Å². The van der Waals surface area contributed by atoms with Crippen LogP contribution in [0, 0.1) is 5.82 Å². The Morgan fingerprint density at radius 3 is 2.70 bits per heavy atom. The molecule has 2 saturated heterocycles. The Bertz CT molecular complexity index is 895. The number of hydrogen-bond acceptors (Lipinski definition) is 6. The Kier molecular flexibility index (Phi) is 4.83. The predicted octanol–water partition coefficient (Wildman–Crippen LogP) is 2.04. The van der Waals surface area contributed by atoms with Gasteiger partial charge >= 0.3 is 0 Å². The summed E-state index contributed by atoms with van der Waals surface area (Å²) in [6.07, 6.45) is 4.40. The van der Waals surface area contributed by atoms with Crippen molar-refractivity contribution in [1.82, 2.24) is 14.3 Å². The molecule has 0 radical (unpaired) electrons. The first kappa shape index (κ1) is 18.3. The van der Waals surface area contributed by atoms with Gasteiger partial charge in [-0.3, -0.25) is 0 Å². The van der Waals surface area contributed by atoms with Gasteiger partial charge in [-0.15, -0.1) is 0 Å². The topological polar surface area (TPSA) is 84.4 Å². The van der Waals surface area contributed by atoms with Crippen molar-refractivity contribution >= 4 is 16.0 Å². The van der Waals surface area contributed by atoms with Gasteiger partial charge in [-0.2, -0.15) is 4.31 Å². The van der Waals surface area contributed by atoms with Crippen LogP contribution in [0.5, 0.6) is 0 Å². The molecule has 0 amide bonds. The molecule has 0 bridgehead atoms.